The summed E-state index contributed by atoms with van der Waals surface area (Å²) >= 11 is 0. The van der Waals surface area contributed by atoms with Crippen LogP contribution in [-0.2, 0) is 0 Å². The highest BCUT2D eigenvalue weighted by Gasteiger charge is 2.01. The van der Waals surface area contributed by atoms with Crippen LogP contribution in [-0.4, -0.2) is 4.98 Å². The molecule has 0 aliphatic heterocycles. The van der Waals surface area contributed by atoms with Crippen LogP contribution in [0.3, 0.4) is 0 Å². The smallest absolute Gasteiger partial charge is 0.182 e. The largest absolute Gasteiger partial charge is 0.443 e. The lowest BCUT2D eigenvalue weighted by atomic mass is 10.1. The zero-order valence-electron chi connectivity index (χ0n) is 7.60. The summed E-state index contributed by atoms with van der Waals surface area (Å²) in [5, 5.41) is 2.35. The van der Waals surface area contributed by atoms with Crippen LogP contribution >= 0.6 is 9.90 Å². The van der Waals surface area contributed by atoms with Gasteiger partial charge in [-0.05, 0) is 11.5 Å². The summed E-state index contributed by atoms with van der Waals surface area (Å²) in [6.07, 6.45) is 1.48. The van der Waals surface area contributed by atoms with Gasteiger partial charge < -0.3 is 4.42 Å². The molecule has 2 nitrogen and oxygen atoms in total. The van der Waals surface area contributed by atoms with Gasteiger partial charge in [-0.3, -0.25) is 0 Å². The van der Waals surface area contributed by atoms with Gasteiger partial charge in [0, 0.05) is 5.39 Å². The van der Waals surface area contributed by atoms with Crippen molar-refractivity contribution in [3.63, 3.8) is 0 Å². The summed E-state index contributed by atoms with van der Waals surface area (Å²) < 4.78 is 5.21. The van der Waals surface area contributed by atoms with E-state index in [0.717, 1.165) is 16.5 Å². The second kappa shape index (κ2) is 3.39. The maximum atomic E-state index is 5.21. The SMILES string of the molecule is P.c1ccc2c(c1)ccc1ocnc12. The van der Waals surface area contributed by atoms with Gasteiger partial charge in [0.15, 0.2) is 12.0 Å². The van der Waals surface area contributed by atoms with Crippen LogP contribution in [0.15, 0.2) is 47.2 Å². The van der Waals surface area contributed by atoms with E-state index in [1.54, 1.807) is 0 Å². The molecule has 0 saturated carbocycles. The number of nitrogens with zero attached hydrogens (tertiary/aromatic N) is 1. The lowest BCUT2D eigenvalue weighted by molar-refractivity contribution is 0.602. The number of hydrogen-bond acceptors (Lipinski definition) is 2. The quantitative estimate of drug-likeness (QED) is 0.525. The molecule has 0 radical (unpaired) electrons. The first-order valence-corrected chi connectivity index (χ1v) is 4.16. The highest BCUT2D eigenvalue weighted by molar-refractivity contribution is 6.92. The summed E-state index contributed by atoms with van der Waals surface area (Å²) in [6.45, 7) is 0. The van der Waals surface area contributed by atoms with E-state index in [2.05, 4.69) is 17.1 Å². The Balaban J connectivity index is 0.000000750. The van der Waals surface area contributed by atoms with E-state index in [9.17, 15) is 0 Å². The van der Waals surface area contributed by atoms with Gasteiger partial charge in [-0.15, -0.1) is 0 Å². The molecule has 14 heavy (non-hydrogen) atoms. The average molecular weight is 203 g/mol. The summed E-state index contributed by atoms with van der Waals surface area (Å²) in [5.41, 5.74) is 1.79. The van der Waals surface area contributed by atoms with Crippen LogP contribution in [0, 0.1) is 0 Å². The molecule has 0 amide bonds. The Bertz CT molecular complexity index is 573. The van der Waals surface area contributed by atoms with E-state index in [4.69, 9.17) is 4.42 Å². The molecule has 0 saturated heterocycles. The van der Waals surface area contributed by atoms with E-state index < -0.39 is 0 Å². The molecule has 1 heterocycles. The minimum atomic E-state index is 0. The molecule has 3 rings (SSSR count). The highest BCUT2D eigenvalue weighted by atomic mass is 31.0. The Kier molecular flexibility index (Phi) is 2.22. The minimum Gasteiger partial charge on any atom is -0.443 e. The van der Waals surface area contributed by atoms with Crippen molar-refractivity contribution in [2.75, 3.05) is 0 Å². The van der Waals surface area contributed by atoms with Crippen molar-refractivity contribution in [1.29, 1.82) is 0 Å². The molecule has 2 aromatic carbocycles. The average Bonchev–Trinajstić information content (AvgIpc) is 2.65. The summed E-state index contributed by atoms with van der Waals surface area (Å²) in [7, 11) is 0. The first kappa shape index (κ1) is 9.17. The number of rotatable bonds is 0. The summed E-state index contributed by atoms with van der Waals surface area (Å²) in [4.78, 5) is 4.18. The van der Waals surface area contributed by atoms with E-state index in [-0.39, 0.29) is 9.90 Å². The van der Waals surface area contributed by atoms with Crippen LogP contribution in [0.5, 0.6) is 0 Å². The highest BCUT2D eigenvalue weighted by Crippen LogP contribution is 2.23. The molecular formula is C11H10NOP. The third-order valence-corrected chi connectivity index (χ3v) is 2.23. The van der Waals surface area contributed by atoms with Crippen molar-refractivity contribution >= 4 is 31.8 Å². The molecule has 0 N–H and O–H groups in total. The van der Waals surface area contributed by atoms with Crippen molar-refractivity contribution in [1.82, 2.24) is 4.98 Å². The Morgan fingerprint density at radius 1 is 1.00 bits per heavy atom. The maximum absolute atomic E-state index is 5.21. The third-order valence-electron chi connectivity index (χ3n) is 2.23. The molecule has 0 aliphatic carbocycles. The van der Waals surface area contributed by atoms with Crippen molar-refractivity contribution in [2.24, 2.45) is 0 Å². The normalized spacial score (nSPS) is 10.3. The second-order valence-electron chi connectivity index (χ2n) is 2.99. The van der Waals surface area contributed by atoms with Crippen molar-refractivity contribution < 1.29 is 4.42 Å². The third kappa shape index (κ3) is 1.19. The molecule has 70 valence electrons. The monoisotopic (exact) mass is 203 g/mol. The predicted molar refractivity (Wildman–Crippen MR) is 62.6 cm³/mol. The van der Waals surface area contributed by atoms with Gasteiger partial charge >= 0.3 is 0 Å². The topological polar surface area (TPSA) is 26.0 Å². The Morgan fingerprint density at radius 2 is 1.86 bits per heavy atom. The molecule has 1 unspecified atom stereocenters. The molecule has 0 spiro atoms. The second-order valence-corrected chi connectivity index (χ2v) is 2.99. The summed E-state index contributed by atoms with van der Waals surface area (Å²) in [6, 6.07) is 12.2. The van der Waals surface area contributed by atoms with E-state index in [1.807, 2.05) is 24.3 Å². The van der Waals surface area contributed by atoms with Crippen LogP contribution in [0.1, 0.15) is 0 Å². The van der Waals surface area contributed by atoms with Gasteiger partial charge in [-0.1, -0.05) is 30.3 Å². The van der Waals surface area contributed by atoms with Gasteiger partial charge in [0.2, 0.25) is 0 Å². The minimum absolute atomic E-state index is 0. The van der Waals surface area contributed by atoms with Gasteiger partial charge in [-0.2, -0.15) is 9.90 Å². The fraction of sp³-hybridized carbons (Fsp3) is 0. The Labute approximate surface area is 84.6 Å². The van der Waals surface area contributed by atoms with Crippen molar-refractivity contribution in [3.05, 3.63) is 42.8 Å². The first-order valence-electron chi connectivity index (χ1n) is 4.16. The fourth-order valence-electron chi connectivity index (χ4n) is 1.60. The molecule has 1 aromatic heterocycles. The molecule has 0 fully saturated rings. The van der Waals surface area contributed by atoms with E-state index >= 15 is 0 Å². The lowest BCUT2D eigenvalue weighted by Crippen LogP contribution is -1.73. The Morgan fingerprint density at radius 3 is 2.79 bits per heavy atom. The first-order chi connectivity index (χ1) is 6.45. The van der Waals surface area contributed by atoms with Crippen LogP contribution in [0.4, 0.5) is 0 Å². The predicted octanol–water partition coefficient (Wildman–Crippen LogP) is 3.04. The zero-order valence-corrected chi connectivity index (χ0v) is 9.02. The standard InChI is InChI=1S/C11H7NO.H3P/c1-2-4-9-8(3-1)5-6-10-11(9)12-7-13-10;/h1-7H;1H3. The molecule has 3 aromatic rings. The number of benzene rings is 2. The molecule has 1 atom stereocenters. The van der Waals surface area contributed by atoms with E-state index in [1.165, 1.54) is 11.8 Å². The fourth-order valence-corrected chi connectivity index (χ4v) is 1.60. The number of fused-ring (bicyclic) bond motifs is 3. The van der Waals surface area contributed by atoms with Crippen LogP contribution < -0.4 is 0 Å². The van der Waals surface area contributed by atoms with Gasteiger partial charge in [-0.25, -0.2) is 4.98 Å². The zero-order chi connectivity index (χ0) is 8.67. The van der Waals surface area contributed by atoms with Crippen molar-refractivity contribution in [3.8, 4) is 0 Å². The molecule has 3 heteroatoms. The number of hydrogen-bond donors (Lipinski definition) is 0. The summed E-state index contributed by atoms with van der Waals surface area (Å²) in [5.74, 6) is 0. The number of oxazole rings is 1. The maximum Gasteiger partial charge on any atom is 0.182 e. The lowest BCUT2D eigenvalue weighted by Gasteiger charge is -1.95. The number of aromatic nitrogens is 1. The van der Waals surface area contributed by atoms with Gasteiger partial charge in [0.25, 0.3) is 0 Å². The molecule has 0 bridgehead atoms. The molecular weight excluding hydrogens is 193 g/mol. The van der Waals surface area contributed by atoms with E-state index in [0.29, 0.717) is 0 Å². The van der Waals surface area contributed by atoms with Crippen LogP contribution in [0.2, 0.25) is 0 Å². The van der Waals surface area contributed by atoms with Gasteiger partial charge in [0.1, 0.15) is 5.52 Å². The molecule has 0 aliphatic rings. The van der Waals surface area contributed by atoms with Crippen LogP contribution in [0.25, 0.3) is 21.9 Å². The van der Waals surface area contributed by atoms with Gasteiger partial charge in [0.05, 0.1) is 0 Å². The Hall–Kier alpha value is -1.40. The van der Waals surface area contributed by atoms with Crippen molar-refractivity contribution in [2.45, 2.75) is 0 Å².